The minimum Gasteiger partial charge on any atom is -0.478 e. The zero-order chi connectivity index (χ0) is 13.9. The fourth-order valence-electron chi connectivity index (χ4n) is 1.22. The molecule has 0 bridgehead atoms. The van der Waals surface area contributed by atoms with E-state index in [-0.39, 0.29) is 0 Å². The fourth-order valence-corrected chi connectivity index (χ4v) is 1.49. The average molecular weight is 292 g/mol. The molecule has 18 heavy (non-hydrogen) atoms. The van der Waals surface area contributed by atoms with Crippen molar-refractivity contribution in [1.29, 1.82) is 0 Å². The molecule has 0 radical (unpaired) electrons. The maximum absolute atomic E-state index is 12.6. The molecule has 0 aromatic carbocycles. The standard InChI is InChI=1S/C9H7ClF5NO2/c1-17-8-6(18-9(13,14)15)4(2-10)5(3-16-8)7(11)12/h3,7H,2H2,1H3. The highest BCUT2D eigenvalue weighted by Gasteiger charge is 2.35. The molecule has 1 heterocycles. The highest BCUT2D eigenvalue weighted by atomic mass is 35.5. The van der Waals surface area contributed by atoms with E-state index in [9.17, 15) is 22.0 Å². The molecule has 3 nitrogen and oxygen atoms in total. The van der Waals surface area contributed by atoms with Gasteiger partial charge in [0, 0.05) is 17.3 Å². The van der Waals surface area contributed by atoms with Crippen LogP contribution in [0, 0.1) is 0 Å². The van der Waals surface area contributed by atoms with Crippen molar-refractivity contribution >= 4 is 11.6 Å². The van der Waals surface area contributed by atoms with Crippen molar-refractivity contribution in [2.75, 3.05) is 7.11 Å². The van der Waals surface area contributed by atoms with Gasteiger partial charge in [0.2, 0.25) is 0 Å². The Morgan fingerprint density at radius 3 is 2.39 bits per heavy atom. The van der Waals surface area contributed by atoms with Gasteiger partial charge in [-0.3, -0.25) is 0 Å². The minimum absolute atomic E-state index is 0.504. The van der Waals surface area contributed by atoms with E-state index >= 15 is 0 Å². The number of alkyl halides is 6. The van der Waals surface area contributed by atoms with E-state index in [4.69, 9.17) is 11.6 Å². The summed E-state index contributed by atoms with van der Waals surface area (Å²) in [5, 5.41) is 0. The molecule has 0 saturated heterocycles. The van der Waals surface area contributed by atoms with Crippen LogP contribution in [0.3, 0.4) is 0 Å². The first-order valence-corrected chi connectivity index (χ1v) is 4.99. The van der Waals surface area contributed by atoms with Crippen LogP contribution < -0.4 is 9.47 Å². The number of nitrogens with zero attached hydrogens (tertiary/aromatic N) is 1. The van der Waals surface area contributed by atoms with Crippen LogP contribution in [0.2, 0.25) is 0 Å². The van der Waals surface area contributed by atoms with Crippen molar-refractivity contribution in [3.05, 3.63) is 17.3 Å². The number of hydrogen-bond donors (Lipinski definition) is 0. The Morgan fingerprint density at radius 2 is 2.00 bits per heavy atom. The predicted molar refractivity (Wildman–Crippen MR) is 52.0 cm³/mol. The molecule has 0 spiro atoms. The molecule has 0 fully saturated rings. The van der Waals surface area contributed by atoms with Crippen LogP contribution in [-0.4, -0.2) is 18.5 Å². The maximum atomic E-state index is 12.6. The number of halogens is 6. The molecule has 0 unspecified atom stereocenters. The second kappa shape index (κ2) is 5.55. The summed E-state index contributed by atoms with van der Waals surface area (Å²) in [5.74, 6) is -2.10. The average Bonchev–Trinajstić information content (AvgIpc) is 2.26. The Morgan fingerprint density at radius 1 is 1.39 bits per heavy atom. The van der Waals surface area contributed by atoms with E-state index in [1.54, 1.807) is 0 Å². The van der Waals surface area contributed by atoms with E-state index in [2.05, 4.69) is 14.5 Å². The lowest BCUT2D eigenvalue weighted by molar-refractivity contribution is -0.275. The molecular weight excluding hydrogens is 285 g/mol. The number of methoxy groups -OCH3 is 1. The predicted octanol–water partition coefficient (Wildman–Crippen LogP) is 3.67. The molecule has 102 valence electrons. The van der Waals surface area contributed by atoms with E-state index in [0.717, 1.165) is 7.11 Å². The van der Waals surface area contributed by atoms with E-state index in [0.29, 0.717) is 6.20 Å². The molecule has 0 N–H and O–H groups in total. The van der Waals surface area contributed by atoms with Gasteiger partial charge >= 0.3 is 6.36 Å². The third kappa shape index (κ3) is 3.34. The fraction of sp³-hybridized carbons (Fsp3) is 0.444. The smallest absolute Gasteiger partial charge is 0.478 e. The summed E-state index contributed by atoms with van der Waals surface area (Å²) in [6, 6.07) is 0. The van der Waals surface area contributed by atoms with E-state index in [1.807, 2.05) is 0 Å². The number of rotatable bonds is 4. The lowest BCUT2D eigenvalue weighted by Crippen LogP contribution is -2.19. The van der Waals surface area contributed by atoms with Crippen molar-refractivity contribution < 1.29 is 31.4 Å². The van der Waals surface area contributed by atoms with E-state index < -0.39 is 41.4 Å². The van der Waals surface area contributed by atoms with Crippen LogP contribution in [0.25, 0.3) is 0 Å². The summed E-state index contributed by atoms with van der Waals surface area (Å²) >= 11 is 5.38. The molecule has 0 atom stereocenters. The molecule has 0 saturated carbocycles. The largest absolute Gasteiger partial charge is 0.573 e. The van der Waals surface area contributed by atoms with Crippen LogP contribution >= 0.6 is 11.6 Å². The quantitative estimate of drug-likeness (QED) is 0.626. The van der Waals surface area contributed by atoms with Crippen LogP contribution in [-0.2, 0) is 5.88 Å². The molecule has 0 aliphatic rings. The molecular formula is C9H7ClF5NO2. The Labute approximate surface area is 103 Å². The lowest BCUT2D eigenvalue weighted by atomic mass is 10.1. The van der Waals surface area contributed by atoms with Crippen LogP contribution in [0.5, 0.6) is 11.6 Å². The van der Waals surface area contributed by atoms with Gasteiger partial charge in [-0.25, -0.2) is 13.8 Å². The summed E-state index contributed by atoms with van der Waals surface area (Å²) in [5.41, 5.74) is -1.24. The summed E-state index contributed by atoms with van der Waals surface area (Å²) < 4.78 is 69.8. The number of pyridine rings is 1. The highest BCUT2D eigenvalue weighted by molar-refractivity contribution is 6.17. The van der Waals surface area contributed by atoms with Crippen molar-refractivity contribution in [3.8, 4) is 11.6 Å². The van der Waals surface area contributed by atoms with Gasteiger partial charge in [0.25, 0.3) is 12.3 Å². The van der Waals surface area contributed by atoms with Crippen molar-refractivity contribution in [2.45, 2.75) is 18.7 Å². The molecule has 1 aromatic rings. The van der Waals surface area contributed by atoms with Crippen LogP contribution in [0.4, 0.5) is 22.0 Å². The summed E-state index contributed by atoms with van der Waals surface area (Å²) in [6.45, 7) is 0. The Balaban J connectivity index is 3.37. The van der Waals surface area contributed by atoms with Gasteiger partial charge in [-0.15, -0.1) is 24.8 Å². The van der Waals surface area contributed by atoms with Crippen molar-refractivity contribution in [1.82, 2.24) is 4.98 Å². The SMILES string of the molecule is COc1ncc(C(F)F)c(CCl)c1OC(F)(F)F. The Kier molecular flexibility index (Phi) is 4.55. The summed E-state index contributed by atoms with van der Waals surface area (Å²) in [7, 11) is 1.03. The Hall–Kier alpha value is -1.31. The molecule has 0 amide bonds. The second-order valence-electron chi connectivity index (χ2n) is 3.01. The van der Waals surface area contributed by atoms with Gasteiger partial charge < -0.3 is 9.47 Å². The third-order valence-electron chi connectivity index (χ3n) is 1.92. The lowest BCUT2D eigenvalue weighted by Gasteiger charge is -2.16. The first-order valence-electron chi connectivity index (χ1n) is 4.45. The molecule has 0 aliphatic carbocycles. The summed E-state index contributed by atoms with van der Waals surface area (Å²) in [4.78, 5) is 3.33. The zero-order valence-corrected chi connectivity index (χ0v) is 9.65. The van der Waals surface area contributed by atoms with Gasteiger partial charge in [-0.2, -0.15) is 0 Å². The van der Waals surface area contributed by atoms with Gasteiger partial charge in [0.1, 0.15) is 0 Å². The third-order valence-corrected chi connectivity index (χ3v) is 2.18. The van der Waals surface area contributed by atoms with Crippen LogP contribution in [0.15, 0.2) is 6.20 Å². The molecule has 0 aliphatic heterocycles. The molecule has 1 rings (SSSR count). The van der Waals surface area contributed by atoms with E-state index in [1.165, 1.54) is 0 Å². The van der Waals surface area contributed by atoms with Gasteiger partial charge in [0.15, 0.2) is 5.75 Å². The summed E-state index contributed by atoms with van der Waals surface area (Å²) in [6.07, 6.45) is -7.38. The van der Waals surface area contributed by atoms with Gasteiger partial charge in [-0.05, 0) is 0 Å². The Bertz CT molecular complexity index is 424. The number of aromatic nitrogens is 1. The monoisotopic (exact) mass is 291 g/mol. The maximum Gasteiger partial charge on any atom is 0.573 e. The van der Waals surface area contributed by atoms with Gasteiger partial charge in [-0.1, -0.05) is 0 Å². The first-order chi connectivity index (χ1) is 8.30. The minimum atomic E-state index is -5.06. The van der Waals surface area contributed by atoms with Crippen molar-refractivity contribution in [3.63, 3.8) is 0 Å². The normalized spacial score (nSPS) is 11.8. The first kappa shape index (κ1) is 14.7. The second-order valence-corrected chi connectivity index (χ2v) is 3.28. The highest BCUT2D eigenvalue weighted by Crippen LogP contribution is 2.39. The molecule has 1 aromatic heterocycles. The number of hydrogen-bond acceptors (Lipinski definition) is 3. The number of ether oxygens (including phenoxy) is 2. The van der Waals surface area contributed by atoms with Crippen molar-refractivity contribution in [2.24, 2.45) is 0 Å². The topological polar surface area (TPSA) is 31.4 Å². The molecule has 9 heteroatoms. The van der Waals surface area contributed by atoms with Gasteiger partial charge in [0.05, 0.1) is 13.0 Å². The van der Waals surface area contributed by atoms with Crippen LogP contribution in [0.1, 0.15) is 17.6 Å². The zero-order valence-electron chi connectivity index (χ0n) is 8.89.